The molecule has 9 heteroatoms. The SMILES string of the molecule is CC(C)N1C(=O)c2ccc(C(=O)Nc3ccc(C(=O)NC4CCCC4)cc3)cc2S1(=O)=O. The van der Waals surface area contributed by atoms with E-state index in [0.717, 1.165) is 30.0 Å². The molecule has 32 heavy (non-hydrogen) atoms. The molecule has 0 unspecified atom stereocenters. The Hall–Kier alpha value is -3.20. The number of carbonyl (C=O) groups is 3. The van der Waals surface area contributed by atoms with Crippen molar-refractivity contribution < 1.29 is 22.8 Å². The fourth-order valence-electron chi connectivity index (χ4n) is 4.15. The van der Waals surface area contributed by atoms with Crippen molar-refractivity contribution in [2.75, 3.05) is 5.32 Å². The Balaban J connectivity index is 1.48. The van der Waals surface area contributed by atoms with E-state index in [0.29, 0.717) is 11.3 Å². The number of fused-ring (bicyclic) bond motifs is 1. The van der Waals surface area contributed by atoms with Crippen molar-refractivity contribution in [1.82, 2.24) is 9.62 Å². The van der Waals surface area contributed by atoms with Crippen molar-refractivity contribution in [2.45, 2.75) is 56.5 Å². The smallest absolute Gasteiger partial charge is 0.269 e. The topological polar surface area (TPSA) is 113 Å². The normalized spacial score (nSPS) is 17.5. The van der Waals surface area contributed by atoms with Gasteiger partial charge in [0.25, 0.3) is 27.7 Å². The van der Waals surface area contributed by atoms with Crippen LogP contribution < -0.4 is 10.6 Å². The molecule has 0 aromatic heterocycles. The first-order valence-electron chi connectivity index (χ1n) is 10.6. The minimum absolute atomic E-state index is 0.0629. The Labute approximate surface area is 187 Å². The predicted molar refractivity (Wildman–Crippen MR) is 119 cm³/mol. The van der Waals surface area contributed by atoms with Crippen LogP contribution in [-0.2, 0) is 10.0 Å². The summed E-state index contributed by atoms with van der Waals surface area (Å²) < 4.78 is 26.3. The lowest BCUT2D eigenvalue weighted by Gasteiger charge is -2.18. The van der Waals surface area contributed by atoms with Gasteiger partial charge in [-0.1, -0.05) is 12.8 Å². The van der Waals surface area contributed by atoms with Crippen molar-refractivity contribution in [3.8, 4) is 0 Å². The summed E-state index contributed by atoms with van der Waals surface area (Å²) in [4.78, 5) is 37.3. The zero-order valence-electron chi connectivity index (χ0n) is 17.9. The molecule has 1 aliphatic carbocycles. The van der Waals surface area contributed by atoms with Crippen molar-refractivity contribution in [3.63, 3.8) is 0 Å². The number of nitrogens with one attached hydrogen (secondary N) is 2. The van der Waals surface area contributed by atoms with Crippen LogP contribution in [0.15, 0.2) is 47.4 Å². The molecule has 0 saturated heterocycles. The number of nitrogens with zero attached hydrogens (tertiary/aromatic N) is 1. The van der Waals surface area contributed by atoms with Crippen molar-refractivity contribution in [3.05, 3.63) is 59.2 Å². The third-order valence-corrected chi connectivity index (χ3v) is 7.77. The highest BCUT2D eigenvalue weighted by Gasteiger charge is 2.42. The number of hydrogen-bond acceptors (Lipinski definition) is 5. The second-order valence-corrected chi connectivity index (χ2v) is 10.2. The van der Waals surface area contributed by atoms with Crippen LogP contribution in [-0.4, -0.2) is 42.5 Å². The summed E-state index contributed by atoms with van der Waals surface area (Å²) >= 11 is 0. The van der Waals surface area contributed by atoms with Gasteiger partial charge in [-0.2, -0.15) is 0 Å². The average Bonchev–Trinajstić information content (AvgIpc) is 3.32. The van der Waals surface area contributed by atoms with Crippen LogP contribution in [0.5, 0.6) is 0 Å². The number of benzene rings is 2. The van der Waals surface area contributed by atoms with Crippen LogP contribution in [0.1, 0.15) is 70.6 Å². The molecule has 0 spiro atoms. The molecule has 3 amide bonds. The summed E-state index contributed by atoms with van der Waals surface area (Å²) in [5.74, 6) is -1.24. The monoisotopic (exact) mass is 455 g/mol. The second kappa shape index (κ2) is 8.38. The van der Waals surface area contributed by atoms with Gasteiger partial charge in [-0.05, 0) is 69.2 Å². The molecule has 4 rings (SSSR count). The quantitative estimate of drug-likeness (QED) is 0.719. The molecule has 2 aliphatic rings. The van der Waals surface area contributed by atoms with E-state index in [1.165, 1.54) is 18.2 Å². The Morgan fingerprint density at radius 3 is 2.22 bits per heavy atom. The van der Waals surface area contributed by atoms with Gasteiger partial charge >= 0.3 is 0 Å². The van der Waals surface area contributed by atoms with Gasteiger partial charge in [-0.25, -0.2) is 12.7 Å². The van der Waals surface area contributed by atoms with E-state index in [4.69, 9.17) is 0 Å². The average molecular weight is 456 g/mol. The molecule has 0 radical (unpaired) electrons. The molecular formula is C23H25N3O5S. The lowest BCUT2D eigenvalue weighted by atomic mass is 10.1. The van der Waals surface area contributed by atoms with Gasteiger partial charge in [-0.15, -0.1) is 0 Å². The maximum atomic E-state index is 12.7. The number of anilines is 1. The van der Waals surface area contributed by atoms with Crippen molar-refractivity contribution >= 4 is 33.4 Å². The van der Waals surface area contributed by atoms with Crippen LogP contribution in [0, 0.1) is 0 Å². The standard InChI is InChI=1S/C23H25N3O5S/c1-14(2)26-23(29)19-12-9-16(13-20(19)32(26,30)31)22(28)25-18-10-7-15(8-11-18)21(27)24-17-5-3-4-6-17/h7-14,17H,3-6H2,1-2H3,(H,24,27)(H,25,28). The predicted octanol–water partition coefficient (Wildman–Crippen LogP) is 3.16. The molecule has 1 heterocycles. The number of rotatable bonds is 5. The second-order valence-electron chi connectivity index (χ2n) is 8.40. The lowest BCUT2D eigenvalue weighted by molar-refractivity contribution is 0.0845. The summed E-state index contributed by atoms with van der Waals surface area (Å²) in [7, 11) is -3.99. The third kappa shape index (κ3) is 4.00. The number of amides is 3. The molecule has 168 valence electrons. The molecule has 2 N–H and O–H groups in total. The largest absolute Gasteiger partial charge is 0.349 e. The summed E-state index contributed by atoms with van der Waals surface area (Å²) in [5.41, 5.74) is 1.16. The molecule has 1 fully saturated rings. The summed E-state index contributed by atoms with van der Waals surface area (Å²) in [5, 5.41) is 5.71. The number of hydrogen-bond donors (Lipinski definition) is 2. The molecule has 1 saturated carbocycles. The molecular weight excluding hydrogens is 430 g/mol. The fraction of sp³-hybridized carbons (Fsp3) is 0.348. The van der Waals surface area contributed by atoms with E-state index in [9.17, 15) is 22.8 Å². The summed E-state index contributed by atoms with van der Waals surface area (Å²) in [6.45, 7) is 3.24. The number of carbonyl (C=O) groups excluding carboxylic acids is 3. The van der Waals surface area contributed by atoms with Crippen LogP contribution in [0.4, 0.5) is 5.69 Å². The molecule has 2 aromatic carbocycles. The van der Waals surface area contributed by atoms with E-state index in [-0.39, 0.29) is 28.0 Å². The zero-order chi connectivity index (χ0) is 23.0. The van der Waals surface area contributed by atoms with Gasteiger partial charge in [0.2, 0.25) is 0 Å². The molecule has 0 bridgehead atoms. The Kier molecular flexibility index (Phi) is 5.77. The van der Waals surface area contributed by atoms with Crippen molar-refractivity contribution in [1.29, 1.82) is 0 Å². The van der Waals surface area contributed by atoms with Gasteiger partial charge in [-0.3, -0.25) is 14.4 Å². The highest BCUT2D eigenvalue weighted by molar-refractivity contribution is 7.90. The lowest BCUT2D eigenvalue weighted by Crippen LogP contribution is -2.36. The first-order valence-corrected chi connectivity index (χ1v) is 12.1. The van der Waals surface area contributed by atoms with Gasteiger partial charge in [0.15, 0.2) is 0 Å². The molecule has 0 atom stereocenters. The maximum absolute atomic E-state index is 12.7. The van der Waals surface area contributed by atoms with E-state index in [1.54, 1.807) is 38.1 Å². The molecule has 8 nitrogen and oxygen atoms in total. The van der Waals surface area contributed by atoms with E-state index < -0.39 is 27.9 Å². The van der Waals surface area contributed by atoms with Gasteiger partial charge in [0, 0.05) is 28.9 Å². The summed E-state index contributed by atoms with van der Waals surface area (Å²) in [6, 6.07) is 10.2. The van der Waals surface area contributed by atoms with Crippen LogP contribution in [0.25, 0.3) is 0 Å². The third-order valence-electron chi connectivity index (χ3n) is 5.78. The molecule has 2 aromatic rings. The van der Waals surface area contributed by atoms with Gasteiger partial charge in [0.1, 0.15) is 4.90 Å². The first-order chi connectivity index (χ1) is 15.2. The highest BCUT2D eigenvalue weighted by Crippen LogP contribution is 2.32. The minimum Gasteiger partial charge on any atom is -0.349 e. The van der Waals surface area contributed by atoms with Crippen LogP contribution in [0.3, 0.4) is 0 Å². The van der Waals surface area contributed by atoms with Crippen LogP contribution >= 0.6 is 0 Å². The fourth-order valence-corrected chi connectivity index (χ4v) is 5.94. The van der Waals surface area contributed by atoms with Crippen LogP contribution in [0.2, 0.25) is 0 Å². The van der Waals surface area contributed by atoms with Gasteiger partial charge < -0.3 is 10.6 Å². The van der Waals surface area contributed by atoms with E-state index in [2.05, 4.69) is 10.6 Å². The van der Waals surface area contributed by atoms with Crippen molar-refractivity contribution in [2.24, 2.45) is 0 Å². The number of sulfonamides is 1. The Bertz CT molecular complexity index is 1180. The Morgan fingerprint density at radius 2 is 1.59 bits per heavy atom. The maximum Gasteiger partial charge on any atom is 0.269 e. The Morgan fingerprint density at radius 1 is 0.969 bits per heavy atom. The van der Waals surface area contributed by atoms with Gasteiger partial charge in [0.05, 0.1) is 5.56 Å². The molecule has 1 aliphatic heterocycles. The first kappa shape index (κ1) is 22.0. The summed E-state index contributed by atoms with van der Waals surface area (Å²) in [6.07, 6.45) is 4.25. The van der Waals surface area contributed by atoms with E-state index >= 15 is 0 Å². The van der Waals surface area contributed by atoms with E-state index in [1.807, 2.05) is 0 Å². The highest BCUT2D eigenvalue weighted by atomic mass is 32.2. The minimum atomic E-state index is -3.99. The zero-order valence-corrected chi connectivity index (χ0v) is 18.7.